The van der Waals surface area contributed by atoms with E-state index in [1.165, 1.54) is 18.2 Å². The Labute approximate surface area is 84.9 Å². The Morgan fingerprint density at radius 2 is 1.40 bits per heavy atom. The van der Waals surface area contributed by atoms with Crippen LogP contribution >= 0.6 is 0 Å². The number of benzene rings is 1. The third kappa shape index (κ3) is 1.34. The Bertz CT molecular complexity index is 440. The fraction of sp³-hybridized carbons (Fsp3) is 0. The third-order valence-corrected chi connectivity index (χ3v) is 2.03. The molecule has 5 heteroatoms. The van der Waals surface area contributed by atoms with Crippen molar-refractivity contribution in [1.29, 1.82) is 0 Å². The van der Waals surface area contributed by atoms with Gasteiger partial charge < -0.3 is 10.2 Å². The number of nitrogens with zero attached hydrogens (tertiary/aromatic N) is 1. The Morgan fingerprint density at radius 3 is 1.87 bits per heavy atom. The van der Waals surface area contributed by atoms with Crippen LogP contribution in [0.15, 0.2) is 30.4 Å². The van der Waals surface area contributed by atoms with Crippen LogP contribution in [0.3, 0.4) is 0 Å². The van der Waals surface area contributed by atoms with E-state index in [9.17, 15) is 19.8 Å². The summed E-state index contributed by atoms with van der Waals surface area (Å²) >= 11 is 0. The summed E-state index contributed by atoms with van der Waals surface area (Å²) in [6, 6.07) is 3.98. The predicted molar refractivity (Wildman–Crippen MR) is 51.4 cm³/mol. The summed E-state index contributed by atoms with van der Waals surface area (Å²) < 4.78 is 0. The normalized spacial score (nSPS) is 15.1. The first-order chi connectivity index (χ1) is 7.11. The molecule has 0 atom stereocenters. The maximum Gasteiger partial charge on any atom is 0.258 e. The minimum atomic E-state index is -0.586. The van der Waals surface area contributed by atoms with Gasteiger partial charge in [-0.15, -0.1) is 0 Å². The molecule has 76 valence electrons. The first-order valence-corrected chi connectivity index (χ1v) is 4.18. The molecule has 0 saturated carbocycles. The van der Waals surface area contributed by atoms with Gasteiger partial charge in [-0.05, 0) is 12.1 Å². The summed E-state index contributed by atoms with van der Waals surface area (Å²) in [4.78, 5) is 23.3. The third-order valence-electron chi connectivity index (χ3n) is 2.03. The summed E-state index contributed by atoms with van der Waals surface area (Å²) in [5, 5.41) is 18.9. The fourth-order valence-electron chi connectivity index (χ4n) is 1.37. The maximum absolute atomic E-state index is 11.3. The van der Waals surface area contributed by atoms with Gasteiger partial charge in [0.1, 0.15) is 17.2 Å². The molecule has 15 heavy (non-hydrogen) atoms. The molecular formula is C10H7NO4. The number of phenols is 2. The van der Waals surface area contributed by atoms with Crippen LogP contribution in [0.4, 0.5) is 5.69 Å². The summed E-state index contributed by atoms with van der Waals surface area (Å²) in [5.41, 5.74) is -0.183. The average molecular weight is 205 g/mol. The molecule has 0 spiro atoms. The van der Waals surface area contributed by atoms with Crippen LogP contribution in [0, 0.1) is 0 Å². The van der Waals surface area contributed by atoms with Crippen LogP contribution in [-0.2, 0) is 9.59 Å². The van der Waals surface area contributed by atoms with Gasteiger partial charge in [0.05, 0.1) is 0 Å². The number of amides is 2. The number of rotatable bonds is 1. The van der Waals surface area contributed by atoms with Crippen molar-refractivity contribution in [2.24, 2.45) is 0 Å². The van der Waals surface area contributed by atoms with E-state index in [1.807, 2.05) is 0 Å². The average Bonchev–Trinajstić information content (AvgIpc) is 2.49. The van der Waals surface area contributed by atoms with Crippen molar-refractivity contribution in [3.8, 4) is 11.5 Å². The van der Waals surface area contributed by atoms with Gasteiger partial charge in [0, 0.05) is 12.2 Å². The highest BCUT2D eigenvalue weighted by Gasteiger charge is 2.29. The number of hydrogen-bond donors (Lipinski definition) is 2. The lowest BCUT2D eigenvalue weighted by molar-refractivity contribution is -0.120. The molecular weight excluding hydrogens is 198 g/mol. The van der Waals surface area contributed by atoms with Crippen molar-refractivity contribution >= 4 is 17.5 Å². The summed E-state index contributed by atoms with van der Waals surface area (Å²) in [5.74, 6) is -1.81. The first-order valence-electron chi connectivity index (χ1n) is 4.18. The van der Waals surface area contributed by atoms with Crippen molar-refractivity contribution in [2.75, 3.05) is 4.90 Å². The van der Waals surface area contributed by atoms with E-state index in [-0.39, 0.29) is 17.2 Å². The van der Waals surface area contributed by atoms with E-state index in [2.05, 4.69) is 0 Å². The molecule has 1 aliphatic rings. The van der Waals surface area contributed by atoms with Gasteiger partial charge in [-0.2, -0.15) is 0 Å². The Balaban J connectivity index is 2.55. The molecule has 1 aliphatic heterocycles. The van der Waals surface area contributed by atoms with Crippen LogP contribution in [0.1, 0.15) is 0 Å². The van der Waals surface area contributed by atoms with Gasteiger partial charge in [-0.25, -0.2) is 4.90 Å². The van der Waals surface area contributed by atoms with Crippen LogP contribution in [0.5, 0.6) is 11.5 Å². The molecule has 0 aromatic heterocycles. The number of hydrogen-bond acceptors (Lipinski definition) is 4. The van der Waals surface area contributed by atoms with E-state index in [1.54, 1.807) is 0 Å². The first kappa shape index (κ1) is 9.26. The number of anilines is 1. The van der Waals surface area contributed by atoms with Crippen molar-refractivity contribution in [2.45, 2.75) is 0 Å². The van der Waals surface area contributed by atoms with Gasteiger partial charge >= 0.3 is 0 Å². The summed E-state index contributed by atoms with van der Waals surface area (Å²) in [6.45, 7) is 0. The summed E-state index contributed by atoms with van der Waals surface area (Å²) in [6.07, 6.45) is 2.16. The summed E-state index contributed by atoms with van der Waals surface area (Å²) in [7, 11) is 0. The van der Waals surface area contributed by atoms with Crippen molar-refractivity contribution < 1.29 is 19.8 Å². The Hall–Kier alpha value is -2.30. The van der Waals surface area contributed by atoms with Crippen molar-refractivity contribution in [3.63, 3.8) is 0 Å². The zero-order valence-electron chi connectivity index (χ0n) is 7.54. The maximum atomic E-state index is 11.3. The second kappa shape index (κ2) is 3.13. The van der Waals surface area contributed by atoms with Gasteiger partial charge in [-0.1, -0.05) is 6.07 Å². The Morgan fingerprint density at radius 1 is 0.933 bits per heavy atom. The minimum Gasteiger partial charge on any atom is -0.506 e. The molecule has 0 radical (unpaired) electrons. The topological polar surface area (TPSA) is 77.8 Å². The molecule has 0 saturated heterocycles. The molecule has 0 unspecified atom stereocenters. The monoisotopic (exact) mass is 205 g/mol. The zero-order chi connectivity index (χ0) is 11.0. The van der Waals surface area contributed by atoms with Crippen LogP contribution in [0.25, 0.3) is 0 Å². The number of carbonyl (C=O) groups is 2. The quantitative estimate of drug-likeness (QED) is 0.655. The fourth-order valence-corrected chi connectivity index (χ4v) is 1.37. The number of para-hydroxylation sites is 1. The second-order valence-corrected chi connectivity index (χ2v) is 2.99. The zero-order valence-corrected chi connectivity index (χ0v) is 7.54. The van der Waals surface area contributed by atoms with E-state index < -0.39 is 11.8 Å². The number of phenolic OH excluding ortho intramolecular Hbond substituents is 2. The lowest BCUT2D eigenvalue weighted by Crippen LogP contribution is -2.29. The lowest BCUT2D eigenvalue weighted by Gasteiger charge is -2.16. The smallest absolute Gasteiger partial charge is 0.258 e. The highest BCUT2D eigenvalue weighted by atomic mass is 16.3. The van der Waals surface area contributed by atoms with E-state index >= 15 is 0 Å². The lowest BCUT2D eigenvalue weighted by atomic mass is 10.2. The van der Waals surface area contributed by atoms with Crippen LogP contribution in [-0.4, -0.2) is 22.0 Å². The van der Waals surface area contributed by atoms with Crippen LogP contribution < -0.4 is 4.90 Å². The SMILES string of the molecule is O=C1C=CC(=O)N1c1c(O)cccc1O. The van der Waals surface area contributed by atoms with E-state index in [0.29, 0.717) is 4.90 Å². The van der Waals surface area contributed by atoms with Crippen molar-refractivity contribution in [1.82, 2.24) is 0 Å². The molecule has 2 amide bonds. The van der Waals surface area contributed by atoms with Gasteiger partial charge in [0.2, 0.25) is 0 Å². The number of carbonyl (C=O) groups excluding carboxylic acids is 2. The van der Waals surface area contributed by atoms with Gasteiger partial charge in [-0.3, -0.25) is 9.59 Å². The molecule has 0 aliphatic carbocycles. The largest absolute Gasteiger partial charge is 0.506 e. The van der Waals surface area contributed by atoms with E-state index in [4.69, 9.17) is 0 Å². The molecule has 2 rings (SSSR count). The molecule has 1 heterocycles. The van der Waals surface area contributed by atoms with E-state index in [0.717, 1.165) is 12.2 Å². The van der Waals surface area contributed by atoms with Crippen LogP contribution in [0.2, 0.25) is 0 Å². The Kier molecular flexibility index (Phi) is 1.93. The predicted octanol–water partition coefficient (Wildman–Crippen LogP) is 0.527. The van der Waals surface area contributed by atoms with Gasteiger partial charge in [0.15, 0.2) is 0 Å². The second-order valence-electron chi connectivity index (χ2n) is 2.99. The highest BCUT2D eigenvalue weighted by molar-refractivity contribution is 6.29. The molecule has 1 aromatic carbocycles. The minimum absolute atomic E-state index is 0.183. The standard InChI is InChI=1S/C10H7NO4/c12-6-2-1-3-7(13)10(6)11-8(14)4-5-9(11)15/h1-5,12-13H. The number of imide groups is 1. The molecule has 0 bridgehead atoms. The van der Waals surface area contributed by atoms with Crippen molar-refractivity contribution in [3.05, 3.63) is 30.4 Å². The molecule has 5 nitrogen and oxygen atoms in total. The van der Waals surface area contributed by atoms with Gasteiger partial charge in [0.25, 0.3) is 11.8 Å². The molecule has 2 N–H and O–H groups in total. The molecule has 0 fully saturated rings. The number of aromatic hydroxyl groups is 2. The molecule has 1 aromatic rings. The highest BCUT2D eigenvalue weighted by Crippen LogP contribution is 2.37.